The summed E-state index contributed by atoms with van der Waals surface area (Å²) in [6, 6.07) is 13.8. The molecular weight excluding hydrogens is 427 g/mol. The molecule has 0 aliphatic rings. The molecule has 0 aliphatic heterocycles. The van der Waals surface area contributed by atoms with Gasteiger partial charge in [-0.25, -0.2) is 9.18 Å². The number of carbonyl (C=O) groups excluding carboxylic acids is 3. The summed E-state index contributed by atoms with van der Waals surface area (Å²) in [5.74, 6) is -2.54. The molecule has 0 unspecified atom stereocenters. The van der Waals surface area contributed by atoms with E-state index in [1.54, 1.807) is 52.1 Å². The Bertz CT molecular complexity index is 1160. The zero-order chi connectivity index (χ0) is 24.2. The lowest BCUT2D eigenvalue weighted by Crippen LogP contribution is -2.46. The van der Waals surface area contributed by atoms with Crippen LogP contribution in [-0.2, 0) is 32.7 Å². The molecule has 3 aromatic rings. The predicted octanol–water partition coefficient (Wildman–Crippen LogP) is 3.89. The third kappa shape index (κ3) is 6.19. The van der Waals surface area contributed by atoms with Crippen molar-refractivity contribution in [1.29, 1.82) is 0 Å². The number of aryl methyl sites for hydroxylation is 1. The van der Waals surface area contributed by atoms with Crippen molar-refractivity contribution in [2.45, 2.75) is 45.4 Å². The van der Waals surface area contributed by atoms with E-state index in [1.807, 2.05) is 18.2 Å². The SMILES string of the molecule is Cn1c(C(=O)N[C@@H](CC(=O)OCc2ccccc2)C(=O)OC(C)(C)C)cc2c(F)cccc21. The standard InChI is InChI=1S/C25H27FN2O5/c1-25(2,3)33-24(31)19(14-22(29)32-15-16-9-6-5-7-10-16)27-23(30)21-13-17-18(26)11-8-12-20(17)28(21)4/h5-13,19H,14-15H2,1-4H3,(H,27,30)/t19-/m0/s1. The molecule has 0 saturated heterocycles. The number of aromatic nitrogens is 1. The number of esters is 2. The number of fused-ring (bicyclic) bond motifs is 1. The van der Waals surface area contributed by atoms with Gasteiger partial charge in [0.25, 0.3) is 5.91 Å². The second-order valence-corrected chi connectivity index (χ2v) is 8.67. The van der Waals surface area contributed by atoms with Crippen LogP contribution in [0.1, 0.15) is 43.2 Å². The number of carbonyl (C=O) groups is 3. The van der Waals surface area contributed by atoms with Crippen LogP contribution in [0.3, 0.4) is 0 Å². The Morgan fingerprint density at radius 2 is 1.76 bits per heavy atom. The maximum Gasteiger partial charge on any atom is 0.329 e. The van der Waals surface area contributed by atoms with Crippen LogP contribution in [0.5, 0.6) is 0 Å². The summed E-state index contributed by atoms with van der Waals surface area (Å²) < 4.78 is 26.3. The maximum absolute atomic E-state index is 14.1. The summed E-state index contributed by atoms with van der Waals surface area (Å²) in [5, 5.41) is 2.83. The minimum absolute atomic E-state index is 0.0388. The van der Waals surface area contributed by atoms with Crippen LogP contribution in [-0.4, -0.2) is 34.1 Å². The van der Waals surface area contributed by atoms with E-state index in [0.717, 1.165) is 5.56 Å². The van der Waals surface area contributed by atoms with E-state index in [4.69, 9.17) is 9.47 Å². The lowest BCUT2D eigenvalue weighted by Gasteiger charge is -2.24. The monoisotopic (exact) mass is 454 g/mol. The number of nitrogens with zero attached hydrogens (tertiary/aromatic N) is 1. The van der Waals surface area contributed by atoms with E-state index in [-0.39, 0.29) is 17.7 Å². The summed E-state index contributed by atoms with van der Waals surface area (Å²) in [4.78, 5) is 38.1. The molecule has 0 aliphatic carbocycles. The normalized spacial score (nSPS) is 12.3. The Morgan fingerprint density at radius 1 is 1.06 bits per heavy atom. The van der Waals surface area contributed by atoms with E-state index in [1.165, 1.54) is 16.7 Å². The molecule has 3 rings (SSSR count). The van der Waals surface area contributed by atoms with Crippen LogP contribution < -0.4 is 5.32 Å². The van der Waals surface area contributed by atoms with Gasteiger partial charge in [-0.05, 0) is 44.5 Å². The first-order chi connectivity index (χ1) is 15.5. The summed E-state index contributed by atoms with van der Waals surface area (Å²) in [5.41, 5.74) is 0.635. The lowest BCUT2D eigenvalue weighted by atomic mass is 10.1. The van der Waals surface area contributed by atoms with E-state index in [0.29, 0.717) is 5.52 Å². The van der Waals surface area contributed by atoms with Gasteiger partial charge in [-0.1, -0.05) is 36.4 Å². The van der Waals surface area contributed by atoms with Gasteiger partial charge in [-0.3, -0.25) is 9.59 Å². The first kappa shape index (κ1) is 24.0. The van der Waals surface area contributed by atoms with Gasteiger partial charge in [0.1, 0.15) is 29.8 Å². The minimum atomic E-state index is -1.28. The summed E-state index contributed by atoms with van der Waals surface area (Å²) >= 11 is 0. The van der Waals surface area contributed by atoms with Gasteiger partial charge in [-0.2, -0.15) is 0 Å². The largest absolute Gasteiger partial charge is 0.461 e. The molecule has 174 valence electrons. The predicted molar refractivity (Wildman–Crippen MR) is 121 cm³/mol. The maximum atomic E-state index is 14.1. The molecule has 0 spiro atoms. The van der Waals surface area contributed by atoms with Gasteiger partial charge in [0.15, 0.2) is 0 Å². The average molecular weight is 454 g/mol. The number of hydrogen-bond acceptors (Lipinski definition) is 5. The lowest BCUT2D eigenvalue weighted by molar-refractivity contribution is -0.161. The van der Waals surface area contributed by atoms with Crippen molar-refractivity contribution in [3.05, 3.63) is 71.7 Å². The molecule has 7 nitrogen and oxygen atoms in total. The Morgan fingerprint density at radius 3 is 2.39 bits per heavy atom. The molecule has 33 heavy (non-hydrogen) atoms. The highest BCUT2D eigenvalue weighted by Gasteiger charge is 2.30. The Hall–Kier alpha value is -3.68. The van der Waals surface area contributed by atoms with E-state index in [9.17, 15) is 18.8 Å². The molecule has 0 fully saturated rings. The van der Waals surface area contributed by atoms with Crippen molar-refractivity contribution in [2.24, 2.45) is 7.05 Å². The highest BCUT2D eigenvalue weighted by atomic mass is 19.1. The van der Waals surface area contributed by atoms with Crippen LogP contribution >= 0.6 is 0 Å². The fourth-order valence-electron chi connectivity index (χ4n) is 3.30. The van der Waals surface area contributed by atoms with Crippen LogP contribution in [0.2, 0.25) is 0 Å². The van der Waals surface area contributed by atoms with Crippen molar-refractivity contribution < 1.29 is 28.2 Å². The van der Waals surface area contributed by atoms with Crippen LogP contribution in [0.15, 0.2) is 54.6 Å². The first-order valence-corrected chi connectivity index (χ1v) is 10.5. The number of benzene rings is 2. The molecular formula is C25H27FN2O5. The van der Waals surface area contributed by atoms with Crippen molar-refractivity contribution in [1.82, 2.24) is 9.88 Å². The average Bonchev–Trinajstić information content (AvgIpc) is 3.09. The number of rotatable bonds is 7. The molecule has 1 amide bonds. The molecule has 0 bridgehead atoms. The van der Waals surface area contributed by atoms with Crippen molar-refractivity contribution >= 4 is 28.7 Å². The molecule has 2 aromatic carbocycles. The summed E-state index contributed by atoms with van der Waals surface area (Å²) in [6.07, 6.45) is -0.411. The molecule has 0 radical (unpaired) electrons. The molecule has 1 aromatic heterocycles. The fraction of sp³-hybridized carbons (Fsp3) is 0.320. The van der Waals surface area contributed by atoms with Crippen LogP contribution in [0.4, 0.5) is 4.39 Å². The van der Waals surface area contributed by atoms with Crippen LogP contribution in [0, 0.1) is 5.82 Å². The van der Waals surface area contributed by atoms with Crippen LogP contribution in [0.25, 0.3) is 10.9 Å². The minimum Gasteiger partial charge on any atom is -0.461 e. The van der Waals surface area contributed by atoms with Crippen molar-refractivity contribution in [3.8, 4) is 0 Å². The fourth-order valence-corrected chi connectivity index (χ4v) is 3.30. The highest BCUT2D eigenvalue weighted by Crippen LogP contribution is 2.22. The van der Waals surface area contributed by atoms with E-state index >= 15 is 0 Å². The van der Waals surface area contributed by atoms with E-state index in [2.05, 4.69) is 5.32 Å². The molecule has 0 saturated carbocycles. The summed E-state index contributed by atoms with van der Waals surface area (Å²) in [7, 11) is 1.62. The number of ether oxygens (including phenoxy) is 2. The zero-order valence-corrected chi connectivity index (χ0v) is 19.1. The Balaban J connectivity index is 1.77. The molecule has 1 N–H and O–H groups in total. The quantitative estimate of drug-likeness (QED) is 0.548. The molecule has 8 heteroatoms. The van der Waals surface area contributed by atoms with Gasteiger partial charge in [-0.15, -0.1) is 0 Å². The third-order valence-electron chi connectivity index (χ3n) is 4.88. The van der Waals surface area contributed by atoms with Crippen molar-refractivity contribution in [3.63, 3.8) is 0 Å². The topological polar surface area (TPSA) is 86.6 Å². The van der Waals surface area contributed by atoms with Crippen molar-refractivity contribution in [2.75, 3.05) is 0 Å². The Labute approximate surface area is 191 Å². The van der Waals surface area contributed by atoms with Gasteiger partial charge in [0.05, 0.1) is 11.9 Å². The van der Waals surface area contributed by atoms with Gasteiger partial charge in [0.2, 0.25) is 0 Å². The summed E-state index contributed by atoms with van der Waals surface area (Å²) in [6.45, 7) is 5.09. The highest BCUT2D eigenvalue weighted by molar-refractivity contribution is 6.01. The zero-order valence-electron chi connectivity index (χ0n) is 19.1. The third-order valence-corrected chi connectivity index (χ3v) is 4.88. The second-order valence-electron chi connectivity index (χ2n) is 8.67. The Kier molecular flexibility index (Phi) is 7.16. The number of nitrogens with one attached hydrogen (secondary N) is 1. The second kappa shape index (κ2) is 9.85. The first-order valence-electron chi connectivity index (χ1n) is 10.5. The molecule has 1 atom stereocenters. The van der Waals surface area contributed by atoms with Gasteiger partial charge < -0.3 is 19.4 Å². The smallest absolute Gasteiger partial charge is 0.329 e. The number of hydrogen-bond donors (Lipinski definition) is 1. The number of amides is 1. The van der Waals surface area contributed by atoms with Gasteiger partial charge >= 0.3 is 11.9 Å². The molecule has 1 heterocycles. The van der Waals surface area contributed by atoms with E-state index < -0.39 is 41.7 Å². The van der Waals surface area contributed by atoms with Gasteiger partial charge in [0, 0.05) is 12.4 Å². The number of halogens is 1.